The molecule has 1 aromatic carbocycles. The number of carbonyl (C=O) groups is 1. The lowest BCUT2D eigenvalue weighted by Gasteiger charge is -2.16. The molecule has 2 N–H and O–H groups in total. The number of benzene rings is 1. The van der Waals surface area contributed by atoms with E-state index in [9.17, 15) is 4.79 Å². The number of nitrogen functional groups attached to an aromatic ring is 1. The third kappa shape index (κ3) is 4.37. The number of aryl methyl sites for hydroxylation is 1. The summed E-state index contributed by atoms with van der Waals surface area (Å²) in [7, 11) is 1.98. The van der Waals surface area contributed by atoms with E-state index in [-0.39, 0.29) is 5.97 Å². The van der Waals surface area contributed by atoms with Crippen LogP contribution in [0.5, 0.6) is 0 Å². The number of ether oxygens (including phenoxy) is 1. The molecule has 2 aromatic heterocycles. The Hall–Kier alpha value is -2.22. The predicted molar refractivity (Wildman–Crippen MR) is 109 cm³/mol. The smallest absolute Gasteiger partial charge is 0.348 e. The molecule has 6 nitrogen and oxygen atoms in total. The molecule has 0 spiro atoms. The second kappa shape index (κ2) is 8.21. The third-order valence-electron chi connectivity index (χ3n) is 4.08. The molecule has 0 aliphatic carbocycles. The number of hydrogen-bond donors (Lipinski definition) is 1. The van der Waals surface area contributed by atoms with Crippen molar-refractivity contribution in [2.24, 2.45) is 0 Å². The highest BCUT2D eigenvalue weighted by Crippen LogP contribution is 2.33. The molecule has 0 saturated carbocycles. The zero-order valence-electron chi connectivity index (χ0n) is 15.5. The largest absolute Gasteiger partial charge is 0.462 e. The number of hydrogen-bond acceptors (Lipinski definition) is 7. The van der Waals surface area contributed by atoms with Crippen LogP contribution in [0.15, 0.2) is 24.3 Å². The number of carbonyl (C=O) groups excluding carboxylic acids is 1. The van der Waals surface area contributed by atoms with Crippen LogP contribution in [0, 0.1) is 6.92 Å². The van der Waals surface area contributed by atoms with Crippen molar-refractivity contribution in [3.8, 4) is 0 Å². The van der Waals surface area contributed by atoms with Crippen LogP contribution >= 0.6 is 22.9 Å². The molecular weight excluding hydrogens is 384 g/mol. The molecule has 0 radical (unpaired) electrons. The Bertz CT molecular complexity index is 989. The first-order chi connectivity index (χ1) is 12.9. The van der Waals surface area contributed by atoms with Gasteiger partial charge in [-0.05, 0) is 44.2 Å². The monoisotopic (exact) mass is 404 g/mol. The molecule has 0 aliphatic rings. The van der Waals surface area contributed by atoms with E-state index in [1.165, 1.54) is 11.3 Å². The van der Waals surface area contributed by atoms with Gasteiger partial charge in [0.2, 0.25) is 0 Å². The molecule has 3 aromatic rings. The molecular formula is C19H21ClN4O2S. The number of fused-ring (bicyclic) bond motifs is 1. The van der Waals surface area contributed by atoms with Crippen LogP contribution in [-0.2, 0) is 17.8 Å². The van der Waals surface area contributed by atoms with Crippen molar-refractivity contribution in [3.05, 3.63) is 51.1 Å². The maximum Gasteiger partial charge on any atom is 0.348 e. The van der Waals surface area contributed by atoms with Gasteiger partial charge in [-0.3, -0.25) is 4.90 Å². The molecule has 27 heavy (non-hydrogen) atoms. The quantitative estimate of drug-likeness (QED) is 0.624. The van der Waals surface area contributed by atoms with E-state index in [4.69, 9.17) is 22.1 Å². The van der Waals surface area contributed by atoms with E-state index in [1.54, 1.807) is 6.92 Å². The number of nitrogens with zero attached hydrogens (tertiary/aromatic N) is 3. The molecule has 0 unspecified atom stereocenters. The standard InChI is InChI=1S/C19H21ClN4O2S/c1-4-26-19(25)16-11(2)15-17(21)22-14(23-18(15)27-16)10-24(3)9-12-6-5-7-13(20)8-12/h5-8H,4,9-10H2,1-3H3,(H2,21,22,23). The number of halogens is 1. The third-order valence-corrected chi connectivity index (χ3v) is 5.48. The van der Waals surface area contributed by atoms with Crippen LogP contribution in [0.1, 0.15) is 33.5 Å². The van der Waals surface area contributed by atoms with Crippen LogP contribution in [0.4, 0.5) is 5.82 Å². The van der Waals surface area contributed by atoms with Gasteiger partial charge in [-0.25, -0.2) is 14.8 Å². The van der Waals surface area contributed by atoms with Crippen molar-refractivity contribution in [1.29, 1.82) is 0 Å². The maximum absolute atomic E-state index is 12.1. The highest BCUT2D eigenvalue weighted by atomic mass is 35.5. The Labute approximate surface area is 166 Å². The van der Waals surface area contributed by atoms with E-state index < -0.39 is 0 Å². The molecule has 0 fully saturated rings. The highest BCUT2D eigenvalue weighted by molar-refractivity contribution is 7.20. The summed E-state index contributed by atoms with van der Waals surface area (Å²) in [6, 6.07) is 7.74. The molecule has 0 atom stereocenters. The van der Waals surface area contributed by atoms with Crippen molar-refractivity contribution >= 4 is 44.9 Å². The molecule has 142 valence electrons. The van der Waals surface area contributed by atoms with Crippen LogP contribution in [0.25, 0.3) is 10.2 Å². The van der Waals surface area contributed by atoms with Crippen LogP contribution in [0.2, 0.25) is 5.02 Å². The predicted octanol–water partition coefficient (Wildman–Crippen LogP) is 4.04. The SMILES string of the molecule is CCOC(=O)c1sc2nc(CN(C)Cc3cccc(Cl)c3)nc(N)c2c1C. The first-order valence-electron chi connectivity index (χ1n) is 8.54. The first kappa shape index (κ1) is 19.5. The van der Waals surface area contributed by atoms with Gasteiger partial charge in [-0.1, -0.05) is 23.7 Å². The highest BCUT2D eigenvalue weighted by Gasteiger charge is 2.20. The minimum absolute atomic E-state index is 0.327. The number of thiophene rings is 1. The fourth-order valence-electron chi connectivity index (χ4n) is 2.92. The van der Waals surface area contributed by atoms with Gasteiger partial charge in [0.15, 0.2) is 0 Å². The lowest BCUT2D eigenvalue weighted by atomic mass is 10.2. The van der Waals surface area contributed by atoms with Crippen molar-refractivity contribution in [3.63, 3.8) is 0 Å². The summed E-state index contributed by atoms with van der Waals surface area (Å²) in [6.07, 6.45) is 0. The van der Waals surface area contributed by atoms with Crippen molar-refractivity contribution < 1.29 is 9.53 Å². The molecule has 0 amide bonds. The van der Waals surface area contributed by atoms with Gasteiger partial charge < -0.3 is 10.5 Å². The van der Waals surface area contributed by atoms with Gasteiger partial charge in [0, 0.05) is 11.6 Å². The number of rotatable bonds is 6. The van der Waals surface area contributed by atoms with Crippen LogP contribution < -0.4 is 5.73 Å². The molecule has 0 aliphatic heterocycles. The van der Waals surface area contributed by atoms with Crippen molar-refractivity contribution in [1.82, 2.24) is 14.9 Å². The topological polar surface area (TPSA) is 81.3 Å². The Morgan fingerprint density at radius 1 is 1.33 bits per heavy atom. The first-order valence-corrected chi connectivity index (χ1v) is 9.74. The van der Waals surface area contributed by atoms with Gasteiger partial charge in [0.1, 0.15) is 21.3 Å². The van der Waals surface area contributed by atoms with Crippen LogP contribution in [-0.4, -0.2) is 34.5 Å². The average molecular weight is 405 g/mol. The molecule has 0 bridgehead atoms. The van der Waals surface area contributed by atoms with Crippen LogP contribution in [0.3, 0.4) is 0 Å². The van der Waals surface area contributed by atoms with E-state index in [0.717, 1.165) is 16.5 Å². The Morgan fingerprint density at radius 3 is 2.81 bits per heavy atom. The Morgan fingerprint density at radius 2 is 2.11 bits per heavy atom. The molecule has 0 saturated heterocycles. The summed E-state index contributed by atoms with van der Waals surface area (Å²) in [4.78, 5) is 24.5. The summed E-state index contributed by atoms with van der Waals surface area (Å²) in [5, 5.41) is 1.44. The molecule has 8 heteroatoms. The lowest BCUT2D eigenvalue weighted by Crippen LogP contribution is -2.19. The summed E-state index contributed by atoms with van der Waals surface area (Å²) in [5.74, 6) is 0.647. The van der Waals surface area contributed by atoms with E-state index >= 15 is 0 Å². The maximum atomic E-state index is 12.1. The van der Waals surface area contributed by atoms with Crippen molar-refractivity contribution in [2.45, 2.75) is 26.9 Å². The number of aromatic nitrogens is 2. The number of nitrogens with two attached hydrogens (primary N) is 1. The molecule has 3 rings (SSSR count). The van der Waals surface area contributed by atoms with E-state index in [0.29, 0.717) is 46.1 Å². The van der Waals surface area contributed by atoms with Gasteiger partial charge in [0.25, 0.3) is 0 Å². The Balaban J connectivity index is 1.84. The van der Waals surface area contributed by atoms with Gasteiger partial charge >= 0.3 is 5.97 Å². The fraction of sp³-hybridized carbons (Fsp3) is 0.316. The minimum Gasteiger partial charge on any atom is -0.462 e. The lowest BCUT2D eigenvalue weighted by molar-refractivity contribution is 0.0531. The van der Waals surface area contributed by atoms with Gasteiger partial charge in [-0.2, -0.15) is 0 Å². The summed E-state index contributed by atoms with van der Waals surface area (Å²) in [6.45, 7) is 5.18. The number of esters is 1. The van der Waals surface area contributed by atoms with E-state index in [1.807, 2.05) is 38.2 Å². The zero-order chi connectivity index (χ0) is 19.6. The normalized spacial score (nSPS) is 11.3. The van der Waals surface area contributed by atoms with E-state index in [2.05, 4.69) is 14.9 Å². The second-order valence-corrected chi connectivity index (χ2v) is 7.72. The number of anilines is 1. The summed E-state index contributed by atoms with van der Waals surface area (Å²) < 4.78 is 5.11. The minimum atomic E-state index is -0.350. The average Bonchev–Trinajstić information content (AvgIpc) is 2.92. The Kier molecular flexibility index (Phi) is 5.94. The van der Waals surface area contributed by atoms with Gasteiger partial charge in [-0.15, -0.1) is 11.3 Å². The van der Waals surface area contributed by atoms with Crippen molar-refractivity contribution in [2.75, 3.05) is 19.4 Å². The summed E-state index contributed by atoms with van der Waals surface area (Å²) in [5.41, 5.74) is 8.04. The molecule has 2 heterocycles. The zero-order valence-corrected chi connectivity index (χ0v) is 17.0. The van der Waals surface area contributed by atoms with Gasteiger partial charge in [0.05, 0.1) is 18.5 Å². The summed E-state index contributed by atoms with van der Waals surface area (Å²) >= 11 is 7.34. The second-order valence-electron chi connectivity index (χ2n) is 6.28. The fourth-order valence-corrected chi connectivity index (χ4v) is 4.24.